The van der Waals surface area contributed by atoms with Crippen LogP contribution in [0.2, 0.25) is 0 Å². The van der Waals surface area contributed by atoms with Gasteiger partial charge in [0, 0.05) is 22.8 Å². The van der Waals surface area contributed by atoms with Crippen LogP contribution < -0.4 is 10.9 Å². The van der Waals surface area contributed by atoms with E-state index in [0.29, 0.717) is 33.5 Å². The summed E-state index contributed by atoms with van der Waals surface area (Å²) in [5, 5.41) is 9.65. The Bertz CT molecular complexity index is 1440. The Kier molecular flexibility index (Phi) is 6.45. The van der Waals surface area contributed by atoms with E-state index < -0.39 is 0 Å². The quantitative estimate of drug-likeness (QED) is 0.442. The van der Waals surface area contributed by atoms with Crippen LogP contribution >= 0.6 is 11.3 Å². The van der Waals surface area contributed by atoms with Crippen molar-refractivity contribution in [2.45, 2.75) is 60.9 Å². The third kappa shape index (κ3) is 4.42. The van der Waals surface area contributed by atoms with Crippen LogP contribution in [-0.2, 0) is 11.2 Å². The maximum Gasteiger partial charge on any atom is 0.268 e. The highest BCUT2D eigenvalue weighted by Crippen LogP contribution is 2.25. The summed E-state index contributed by atoms with van der Waals surface area (Å²) in [6, 6.07) is 8.21. The van der Waals surface area contributed by atoms with Crippen molar-refractivity contribution in [2.24, 2.45) is 5.92 Å². The van der Waals surface area contributed by atoms with Crippen LogP contribution in [-0.4, -0.2) is 31.1 Å². The Morgan fingerprint density at radius 2 is 1.85 bits per heavy atom. The number of rotatable bonds is 6. The van der Waals surface area contributed by atoms with E-state index in [1.807, 2.05) is 50.7 Å². The second-order valence-corrected chi connectivity index (χ2v) is 10.2. The lowest BCUT2D eigenvalue weighted by molar-refractivity contribution is -0.121. The largest absolute Gasteiger partial charge is 0.353 e. The maximum atomic E-state index is 13.7. The molecule has 0 aliphatic carbocycles. The van der Waals surface area contributed by atoms with Gasteiger partial charge in [0.1, 0.15) is 5.69 Å². The highest BCUT2D eigenvalue weighted by molar-refractivity contribution is 7.15. The zero-order valence-corrected chi connectivity index (χ0v) is 21.6. The minimum absolute atomic E-state index is 0.0575. The van der Waals surface area contributed by atoms with Crippen LogP contribution in [0.4, 0.5) is 0 Å². The third-order valence-corrected chi connectivity index (χ3v) is 7.16. The Labute approximate surface area is 203 Å². The Hall–Kier alpha value is -3.26. The fraction of sp³-hybridized carbons (Fsp3) is 0.385. The van der Waals surface area contributed by atoms with Gasteiger partial charge in [-0.25, -0.2) is 9.67 Å². The lowest BCUT2D eigenvalue weighted by atomic mass is 10.1. The summed E-state index contributed by atoms with van der Waals surface area (Å²) in [6.45, 7) is 14.0. The van der Waals surface area contributed by atoms with Gasteiger partial charge in [-0.15, -0.1) is 11.3 Å². The van der Waals surface area contributed by atoms with E-state index in [2.05, 4.69) is 42.3 Å². The van der Waals surface area contributed by atoms with Crippen LogP contribution in [0.25, 0.3) is 21.9 Å². The van der Waals surface area contributed by atoms with E-state index in [1.54, 1.807) is 4.40 Å². The molecule has 1 amide bonds. The molecule has 8 heteroatoms. The van der Waals surface area contributed by atoms with E-state index in [9.17, 15) is 9.59 Å². The number of thiazole rings is 1. The lowest BCUT2D eigenvalue weighted by Gasteiger charge is -2.17. The highest BCUT2D eigenvalue weighted by atomic mass is 32.1. The topological polar surface area (TPSA) is 81.3 Å². The number of aryl methyl sites for hydroxylation is 4. The zero-order valence-electron chi connectivity index (χ0n) is 20.8. The SMILES string of the molecule is Cc1ccc(C)c(-n2nc(-c3c(C)nc4scc(CC(=O)N[C@@H](C)C(C)C)n4c3=O)cc2C)c1. The summed E-state index contributed by atoms with van der Waals surface area (Å²) in [5.74, 6) is 0.224. The molecular weight excluding hydrogens is 446 g/mol. The number of aromatic nitrogens is 4. The number of carbonyl (C=O) groups excluding carboxylic acids is 1. The van der Waals surface area contributed by atoms with Gasteiger partial charge in [0.25, 0.3) is 5.56 Å². The van der Waals surface area contributed by atoms with Gasteiger partial charge >= 0.3 is 0 Å². The first-order chi connectivity index (χ1) is 16.1. The average molecular weight is 478 g/mol. The van der Waals surface area contributed by atoms with Crippen LogP contribution in [0.1, 0.15) is 49.0 Å². The number of carbonyl (C=O) groups is 1. The van der Waals surface area contributed by atoms with Gasteiger partial charge in [-0.05, 0) is 63.8 Å². The molecule has 0 radical (unpaired) electrons. The van der Waals surface area contributed by atoms with E-state index in [-0.39, 0.29) is 23.9 Å². The molecule has 34 heavy (non-hydrogen) atoms. The monoisotopic (exact) mass is 477 g/mol. The van der Waals surface area contributed by atoms with E-state index >= 15 is 0 Å². The van der Waals surface area contributed by atoms with Gasteiger partial charge < -0.3 is 5.32 Å². The molecule has 0 fully saturated rings. The second-order valence-electron chi connectivity index (χ2n) is 9.37. The summed E-state index contributed by atoms with van der Waals surface area (Å²) < 4.78 is 3.43. The van der Waals surface area contributed by atoms with Crippen molar-refractivity contribution in [1.29, 1.82) is 0 Å². The molecule has 3 heterocycles. The second kappa shape index (κ2) is 9.18. The summed E-state index contributed by atoms with van der Waals surface area (Å²) >= 11 is 1.37. The molecule has 0 aliphatic rings. The van der Waals surface area contributed by atoms with E-state index in [0.717, 1.165) is 22.5 Å². The van der Waals surface area contributed by atoms with Crippen LogP contribution in [0.5, 0.6) is 0 Å². The molecule has 4 aromatic rings. The van der Waals surface area contributed by atoms with Crippen LogP contribution in [0.3, 0.4) is 0 Å². The van der Waals surface area contributed by atoms with Gasteiger partial charge in [0.15, 0.2) is 4.96 Å². The van der Waals surface area contributed by atoms with Gasteiger partial charge in [-0.1, -0.05) is 26.0 Å². The van der Waals surface area contributed by atoms with Gasteiger partial charge in [0.05, 0.1) is 23.4 Å². The first-order valence-electron chi connectivity index (χ1n) is 11.5. The molecular formula is C26H31N5O2S. The van der Waals surface area contributed by atoms with Crippen molar-refractivity contribution in [3.63, 3.8) is 0 Å². The molecule has 0 saturated heterocycles. The van der Waals surface area contributed by atoms with Crippen molar-refractivity contribution in [1.82, 2.24) is 24.5 Å². The molecule has 0 spiro atoms. The van der Waals surface area contributed by atoms with Crippen LogP contribution in [0.15, 0.2) is 34.4 Å². The van der Waals surface area contributed by atoms with Gasteiger partial charge in [-0.2, -0.15) is 5.10 Å². The molecule has 0 bridgehead atoms. The number of hydrogen-bond donors (Lipinski definition) is 1. The molecule has 3 aromatic heterocycles. The molecule has 7 nitrogen and oxygen atoms in total. The van der Waals surface area contributed by atoms with Crippen LogP contribution in [0, 0.1) is 33.6 Å². The molecule has 1 atom stereocenters. The molecule has 0 saturated carbocycles. The predicted molar refractivity (Wildman–Crippen MR) is 137 cm³/mol. The number of fused-ring (bicyclic) bond motifs is 1. The number of hydrogen-bond acceptors (Lipinski definition) is 5. The maximum absolute atomic E-state index is 13.7. The summed E-state index contributed by atoms with van der Waals surface area (Å²) in [4.78, 5) is 31.5. The molecule has 0 unspecified atom stereocenters. The molecule has 1 N–H and O–H groups in total. The first kappa shape index (κ1) is 23.9. The Morgan fingerprint density at radius 3 is 2.56 bits per heavy atom. The average Bonchev–Trinajstić information content (AvgIpc) is 3.33. The van der Waals surface area contributed by atoms with Crippen molar-refractivity contribution in [2.75, 3.05) is 0 Å². The number of nitrogens with zero attached hydrogens (tertiary/aromatic N) is 4. The minimum atomic E-state index is -0.200. The van der Waals surface area contributed by atoms with E-state index in [4.69, 9.17) is 5.10 Å². The number of nitrogens with one attached hydrogen (secondary N) is 1. The van der Waals surface area contributed by atoms with Gasteiger partial charge in [0.2, 0.25) is 5.91 Å². The highest BCUT2D eigenvalue weighted by Gasteiger charge is 2.21. The minimum Gasteiger partial charge on any atom is -0.353 e. The Balaban J connectivity index is 1.78. The number of benzene rings is 1. The molecule has 0 aliphatic heterocycles. The molecule has 1 aromatic carbocycles. The first-order valence-corrected chi connectivity index (χ1v) is 12.4. The summed E-state index contributed by atoms with van der Waals surface area (Å²) in [7, 11) is 0. The molecule has 4 rings (SSSR count). The fourth-order valence-corrected chi connectivity index (χ4v) is 4.87. The summed E-state index contributed by atoms with van der Waals surface area (Å²) in [5.41, 5.74) is 6.27. The van der Waals surface area contributed by atoms with E-state index in [1.165, 1.54) is 11.3 Å². The summed E-state index contributed by atoms with van der Waals surface area (Å²) in [6.07, 6.45) is 0.122. The van der Waals surface area contributed by atoms with Crippen molar-refractivity contribution < 1.29 is 4.79 Å². The van der Waals surface area contributed by atoms with Gasteiger partial charge in [-0.3, -0.25) is 14.0 Å². The lowest BCUT2D eigenvalue weighted by Crippen LogP contribution is -2.37. The predicted octanol–water partition coefficient (Wildman–Crippen LogP) is 4.55. The fourth-order valence-electron chi connectivity index (χ4n) is 3.95. The Morgan fingerprint density at radius 1 is 1.12 bits per heavy atom. The van der Waals surface area contributed by atoms with Crippen molar-refractivity contribution in [3.8, 4) is 16.9 Å². The standard InChI is InChI=1S/C26H31N5O2S/c1-14(2)18(6)27-23(32)12-20-13-34-26-28-19(7)24(25(33)30(20)26)21-11-17(5)31(29-21)22-10-15(3)8-9-16(22)4/h8-11,13-14,18H,12H2,1-7H3,(H,27,32)/t18-/m0/s1. The van der Waals surface area contributed by atoms with Crippen molar-refractivity contribution in [3.05, 3.63) is 68.2 Å². The van der Waals surface area contributed by atoms with Crippen molar-refractivity contribution >= 4 is 22.2 Å². The smallest absolute Gasteiger partial charge is 0.268 e. The number of amides is 1. The molecule has 178 valence electrons. The normalized spacial score (nSPS) is 12.5. The third-order valence-electron chi connectivity index (χ3n) is 6.29. The zero-order chi connectivity index (χ0) is 24.7.